The Hall–Kier alpha value is -2.65. The lowest BCUT2D eigenvalue weighted by Crippen LogP contribution is -2.33. The fraction of sp³-hybridized carbons (Fsp3) is 0.360. The highest BCUT2D eigenvalue weighted by molar-refractivity contribution is 7.77. The molecule has 3 aromatic heterocycles. The average molecular weight is 464 g/mol. The van der Waals surface area contributed by atoms with Gasteiger partial charge in [-0.05, 0) is 62.4 Å². The number of fused-ring (bicyclic) bond motifs is 4. The minimum atomic E-state index is -1.96. The second kappa shape index (κ2) is 10.1. The van der Waals surface area contributed by atoms with Gasteiger partial charge in [0, 0.05) is 41.8 Å². The molecule has 4 aromatic rings. The monoisotopic (exact) mass is 463 g/mol. The maximum atomic E-state index is 10.9. The summed E-state index contributed by atoms with van der Waals surface area (Å²) < 4.78 is 22.4. The van der Waals surface area contributed by atoms with Crippen molar-refractivity contribution >= 4 is 33.1 Å². The van der Waals surface area contributed by atoms with Crippen LogP contribution in [-0.4, -0.2) is 41.7 Å². The van der Waals surface area contributed by atoms with E-state index in [1.165, 1.54) is 22.0 Å². The third-order valence-electron chi connectivity index (χ3n) is 6.56. The summed E-state index contributed by atoms with van der Waals surface area (Å²) in [6.45, 7) is 2.12. The number of para-hydroxylation sites is 1. The van der Waals surface area contributed by atoms with Crippen LogP contribution in [0.2, 0.25) is 0 Å². The Morgan fingerprint density at radius 1 is 1.09 bits per heavy atom. The number of nitrogens with zero attached hydrogens (tertiary/aromatic N) is 3. The van der Waals surface area contributed by atoms with Gasteiger partial charge in [0.2, 0.25) is 11.3 Å². The number of unbranched alkanes of at least 4 members (excludes halogenated alkanes) is 1. The molecule has 0 fully saturated rings. The van der Waals surface area contributed by atoms with Crippen molar-refractivity contribution in [1.29, 1.82) is 0 Å². The maximum absolute atomic E-state index is 10.9. The van der Waals surface area contributed by atoms with Crippen LogP contribution >= 0.6 is 0 Å². The van der Waals surface area contributed by atoms with E-state index in [4.69, 9.17) is 14.5 Å². The van der Waals surface area contributed by atoms with Crippen LogP contribution in [0.25, 0.3) is 21.8 Å². The van der Waals surface area contributed by atoms with Crippen molar-refractivity contribution in [3.63, 3.8) is 0 Å². The Bertz CT molecular complexity index is 1270. The first-order valence-electron chi connectivity index (χ1n) is 11.6. The van der Waals surface area contributed by atoms with Crippen molar-refractivity contribution in [2.24, 2.45) is 0 Å². The Kier molecular flexibility index (Phi) is 6.78. The quantitative estimate of drug-likeness (QED) is 0.251. The SMILES string of the molecule is O=S(O)NCCCCN(Cc1nccc2c1[nH]c1ccccc12)[C@H]1CCCc2cccnc21. The lowest BCUT2D eigenvalue weighted by molar-refractivity contribution is 0.161. The summed E-state index contributed by atoms with van der Waals surface area (Å²) in [7, 11) is 0. The molecule has 1 aromatic carbocycles. The predicted octanol–water partition coefficient (Wildman–Crippen LogP) is 4.50. The topological polar surface area (TPSA) is 94.1 Å². The Labute approximate surface area is 196 Å². The zero-order valence-electron chi connectivity index (χ0n) is 18.5. The van der Waals surface area contributed by atoms with Crippen LogP contribution in [0.5, 0.6) is 0 Å². The van der Waals surface area contributed by atoms with Gasteiger partial charge in [-0.25, -0.2) is 8.93 Å². The van der Waals surface area contributed by atoms with E-state index in [1.807, 2.05) is 18.5 Å². The Balaban J connectivity index is 1.44. The number of aromatic amines is 1. The van der Waals surface area contributed by atoms with Crippen molar-refractivity contribution in [3.05, 3.63) is 71.8 Å². The Morgan fingerprint density at radius 3 is 2.91 bits per heavy atom. The van der Waals surface area contributed by atoms with E-state index in [1.54, 1.807) is 0 Å². The van der Waals surface area contributed by atoms with Crippen LogP contribution in [-0.2, 0) is 24.2 Å². The first kappa shape index (κ1) is 22.2. The highest BCUT2D eigenvalue weighted by Crippen LogP contribution is 2.35. The molecular weight excluding hydrogens is 434 g/mol. The van der Waals surface area contributed by atoms with Gasteiger partial charge >= 0.3 is 0 Å². The van der Waals surface area contributed by atoms with Gasteiger partial charge in [0.25, 0.3) is 0 Å². The molecule has 1 aliphatic carbocycles. The van der Waals surface area contributed by atoms with Crippen molar-refractivity contribution < 1.29 is 8.76 Å². The highest BCUT2D eigenvalue weighted by Gasteiger charge is 2.28. The van der Waals surface area contributed by atoms with Crippen LogP contribution in [0.15, 0.2) is 54.9 Å². The molecule has 1 unspecified atom stereocenters. The third-order valence-corrected chi connectivity index (χ3v) is 7.01. The number of rotatable bonds is 9. The molecule has 8 heteroatoms. The number of pyridine rings is 2. The highest BCUT2D eigenvalue weighted by atomic mass is 32.2. The second-order valence-corrected chi connectivity index (χ2v) is 9.41. The van der Waals surface area contributed by atoms with E-state index in [2.05, 4.69) is 51.0 Å². The van der Waals surface area contributed by atoms with Gasteiger partial charge in [-0.1, -0.05) is 24.3 Å². The van der Waals surface area contributed by atoms with E-state index in [9.17, 15) is 4.21 Å². The summed E-state index contributed by atoms with van der Waals surface area (Å²) in [5, 5.41) is 2.42. The van der Waals surface area contributed by atoms with Gasteiger partial charge in [-0.3, -0.25) is 19.4 Å². The number of H-pyrrole nitrogens is 1. The molecule has 0 bridgehead atoms. The van der Waals surface area contributed by atoms with Gasteiger partial charge in [0.1, 0.15) is 0 Å². The maximum Gasteiger partial charge on any atom is 0.231 e. The molecule has 33 heavy (non-hydrogen) atoms. The number of hydrogen-bond donors (Lipinski definition) is 3. The van der Waals surface area contributed by atoms with E-state index in [0.717, 1.165) is 61.9 Å². The average Bonchev–Trinajstić information content (AvgIpc) is 3.22. The smallest absolute Gasteiger partial charge is 0.231 e. The molecule has 3 N–H and O–H groups in total. The van der Waals surface area contributed by atoms with Crippen LogP contribution in [0.4, 0.5) is 0 Å². The largest absolute Gasteiger partial charge is 0.353 e. The molecule has 0 saturated heterocycles. The van der Waals surface area contributed by atoms with Crippen molar-refractivity contribution in [1.82, 2.24) is 24.6 Å². The lowest BCUT2D eigenvalue weighted by Gasteiger charge is -2.35. The molecule has 0 aliphatic heterocycles. The van der Waals surface area contributed by atoms with Crippen molar-refractivity contribution in [2.45, 2.75) is 44.7 Å². The number of hydrogen-bond acceptors (Lipinski definition) is 4. The normalized spacial score (nSPS) is 17.0. The number of benzene rings is 1. The fourth-order valence-corrected chi connectivity index (χ4v) is 5.35. The molecule has 2 atom stereocenters. The van der Waals surface area contributed by atoms with Crippen LogP contribution in [0.3, 0.4) is 0 Å². The van der Waals surface area contributed by atoms with Gasteiger partial charge in [0.05, 0.1) is 22.9 Å². The first-order valence-corrected chi connectivity index (χ1v) is 12.7. The van der Waals surface area contributed by atoms with Crippen LogP contribution < -0.4 is 4.72 Å². The summed E-state index contributed by atoms with van der Waals surface area (Å²) in [6.07, 6.45) is 8.85. The molecule has 0 saturated carbocycles. The molecule has 172 valence electrons. The summed E-state index contributed by atoms with van der Waals surface area (Å²) in [4.78, 5) is 15.6. The van der Waals surface area contributed by atoms with Gasteiger partial charge in [-0.2, -0.15) is 0 Å². The molecule has 7 nitrogen and oxygen atoms in total. The molecule has 0 radical (unpaired) electrons. The molecule has 0 spiro atoms. The van der Waals surface area contributed by atoms with Gasteiger partial charge < -0.3 is 4.98 Å². The minimum Gasteiger partial charge on any atom is -0.353 e. The van der Waals surface area contributed by atoms with E-state index in [-0.39, 0.29) is 6.04 Å². The number of aryl methyl sites for hydroxylation is 1. The fourth-order valence-electron chi connectivity index (χ4n) is 5.03. The minimum absolute atomic E-state index is 0.247. The van der Waals surface area contributed by atoms with Crippen LogP contribution in [0, 0.1) is 0 Å². The molecule has 5 rings (SSSR count). The second-order valence-electron chi connectivity index (χ2n) is 8.63. The van der Waals surface area contributed by atoms with Crippen LogP contribution in [0.1, 0.15) is 48.7 Å². The lowest BCUT2D eigenvalue weighted by atomic mass is 9.90. The van der Waals surface area contributed by atoms with Gasteiger partial charge in [0.15, 0.2) is 0 Å². The third kappa shape index (κ3) is 4.84. The number of aromatic nitrogens is 3. The zero-order chi connectivity index (χ0) is 22.6. The number of nitrogens with one attached hydrogen (secondary N) is 2. The molecule has 0 amide bonds. The summed E-state index contributed by atoms with van der Waals surface area (Å²) in [5.41, 5.74) is 5.79. The molecular formula is C25H29N5O2S. The summed E-state index contributed by atoms with van der Waals surface area (Å²) in [5.74, 6) is 0. The van der Waals surface area contributed by atoms with Crippen molar-refractivity contribution in [3.8, 4) is 0 Å². The molecule has 3 heterocycles. The summed E-state index contributed by atoms with van der Waals surface area (Å²) in [6, 6.07) is 14.9. The van der Waals surface area contributed by atoms with E-state index >= 15 is 0 Å². The predicted molar refractivity (Wildman–Crippen MR) is 132 cm³/mol. The molecule has 1 aliphatic rings. The van der Waals surface area contributed by atoms with Crippen molar-refractivity contribution in [2.75, 3.05) is 13.1 Å². The van der Waals surface area contributed by atoms with Gasteiger partial charge in [-0.15, -0.1) is 0 Å². The Morgan fingerprint density at radius 2 is 2.00 bits per heavy atom. The van der Waals surface area contributed by atoms with E-state index in [0.29, 0.717) is 6.54 Å². The zero-order valence-corrected chi connectivity index (χ0v) is 19.4. The standard InChI is InChI=1S/C25H29N5O2S/c31-33(32)28-14-3-4-16-30(23-11-5-7-18-8-6-13-27-24(18)23)17-22-25-20(12-15-26-22)19-9-1-2-10-21(19)29-25/h1-2,6,8-10,12-13,15,23,28-29H,3-5,7,11,14,16-17H2,(H,31,32)/t23-/m0/s1. The van der Waals surface area contributed by atoms with E-state index < -0.39 is 11.3 Å². The summed E-state index contributed by atoms with van der Waals surface area (Å²) >= 11 is -1.96. The first-order chi connectivity index (χ1) is 16.2.